The van der Waals surface area contributed by atoms with E-state index in [2.05, 4.69) is 10.2 Å². The standard InChI is InChI=1S/C16H20N4O2S/c17-16(23)18-12-3-5-13(6-4-12)20-7-1-2-14(15(20)21)19-8-10-22-11-9-19/h2-6H,1,7-11H2,(H3,17,18,23). The van der Waals surface area contributed by atoms with Crippen LogP contribution in [0.3, 0.4) is 0 Å². The van der Waals surface area contributed by atoms with Crippen molar-refractivity contribution in [2.75, 3.05) is 43.1 Å². The van der Waals surface area contributed by atoms with Gasteiger partial charge in [0.2, 0.25) is 0 Å². The summed E-state index contributed by atoms with van der Waals surface area (Å²) in [6.07, 6.45) is 2.89. The number of carbonyl (C=O) groups is 1. The van der Waals surface area contributed by atoms with E-state index < -0.39 is 0 Å². The van der Waals surface area contributed by atoms with Gasteiger partial charge in [0.15, 0.2) is 5.11 Å². The summed E-state index contributed by atoms with van der Waals surface area (Å²) < 4.78 is 5.36. The van der Waals surface area contributed by atoms with Crippen molar-refractivity contribution >= 4 is 34.6 Å². The average molecular weight is 332 g/mol. The Kier molecular flexibility index (Phi) is 4.78. The van der Waals surface area contributed by atoms with Crippen LogP contribution in [-0.4, -0.2) is 48.8 Å². The van der Waals surface area contributed by atoms with Gasteiger partial charge < -0.3 is 25.6 Å². The zero-order valence-corrected chi connectivity index (χ0v) is 13.6. The molecule has 0 radical (unpaired) electrons. The number of hydrogen-bond donors (Lipinski definition) is 2. The number of hydrogen-bond acceptors (Lipinski definition) is 4. The maximum Gasteiger partial charge on any atom is 0.274 e. The summed E-state index contributed by atoms with van der Waals surface area (Å²) in [4.78, 5) is 16.7. The minimum atomic E-state index is 0.0493. The summed E-state index contributed by atoms with van der Waals surface area (Å²) >= 11 is 4.82. The number of amides is 1. The quantitative estimate of drug-likeness (QED) is 0.813. The van der Waals surface area contributed by atoms with Gasteiger partial charge in [-0.1, -0.05) is 6.08 Å². The van der Waals surface area contributed by atoms with Gasteiger partial charge in [-0.25, -0.2) is 0 Å². The Hall–Kier alpha value is -2.12. The lowest BCUT2D eigenvalue weighted by Crippen LogP contribution is -2.45. The van der Waals surface area contributed by atoms with Crippen molar-refractivity contribution in [1.29, 1.82) is 0 Å². The highest BCUT2D eigenvalue weighted by atomic mass is 32.1. The molecule has 1 aromatic rings. The van der Waals surface area contributed by atoms with Gasteiger partial charge in [-0.2, -0.15) is 0 Å². The van der Waals surface area contributed by atoms with Crippen LogP contribution in [0.2, 0.25) is 0 Å². The van der Waals surface area contributed by atoms with Gasteiger partial charge in [-0.3, -0.25) is 4.79 Å². The molecule has 0 spiro atoms. The lowest BCUT2D eigenvalue weighted by molar-refractivity contribution is -0.117. The zero-order valence-electron chi connectivity index (χ0n) is 12.8. The molecule has 6 nitrogen and oxygen atoms in total. The lowest BCUT2D eigenvalue weighted by atomic mass is 10.1. The van der Waals surface area contributed by atoms with Crippen molar-refractivity contribution < 1.29 is 9.53 Å². The van der Waals surface area contributed by atoms with E-state index in [0.29, 0.717) is 19.8 Å². The molecule has 1 aromatic carbocycles. The summed E-state index contributed by atoms with van der Waals surface area (Å²) in [5.41, 5.74) is 7.93. The first kappa shape index (κ1) is 15.8. The molecule has 1 fully saturated rings. The lowest BCUT2D eigenvalue weighted by Gasteiger charge is -2.35. The number of thiocarbonyl (C=S) groups is 1. The van der Waals surface area contributed by atoms with Gasteiger partial charge in [0.1, 0.15) is 0 Å². The predicted octanol–water partition coefficient (Wildman–Crippen LogP) is 1.29. The van der Waals surface area contributed by atoms with Gasteiger partial charge in [-0.05, 0) is 42.9 Å². The third-order valence-corrected chi connectivity index (χ3v) is 4.06. The molecule has 3 rings (SSSR count). The molecule has 3 N–H and O–H groups in total. The molecule has 0 bridgehead atoms. The minimum absolute atomic E-state index is 0.0493. The van der Waals surface area contributed by atoms with Gasteiger partial charge in [0.05, 0.1) is 18.9 Å². The predicted molar refractivity (Wildman–Crippen MR) is 94.3 cm³/mol. The summed E-state index contributed by atoms with van der Waals surface area (Å²) in [5.74, 6) is 0.0493. The van der Waals surface area contributed by atoms with Crippen molar-refractivity contribution in [3.05, 3.63) is 36.0 Å². The molecular formula is C16H20N4O2S. The van der Waals surface area contributed by atoms with E-state index in [4.69, 9.17) is 22.7 Å². The number of morpholine rings is 1. The fourth-order valence-electron chi connectivity index (χ4n) is 2.84. The number of nitrogens with one attached hydrogen (secondary N) is 1. The molecule has 2 heterocycles. The van der Waals surface area contributed by atoms with Crippen LogP contribution in [0.25, 0.3) is 0 Å². The molecule has 0 aliphatic carbocycles. The van der Waals surface area contributed by atoms with Crippen molar-refractivity contribution in [2.24, 2.45) is 5.73 Å². The van der Waals surface area contributed by atoms with E-state index in [1.54, 1.807) is 0 Å². The molecule has 0 atom stereocenters. The Morgan fingerprint density at radius 1 is 1.17 bits per heavy atom. The number of carbonyl (C=O) groups excluding carboxylic acids is 1. The number of anilines is 2. The molecular weight excluding hydrogens is 312 g/mol. The second-order valence-electron chi connectivity index (χ2n) is 5.47. The Morgan fingerprint density at radius 3 is 2.52 bits per heavy atom. The maximum absolute atomic E-state index is 12.8. The Morgan fingerprint density at radius 2 is 1.87 bits per heavy atom. The van der Waals surface area contributed by atoms with Gasteiger partial charge in [0, 0.05) is 31.0 Å². The first-order valence-electron chi connectivity index (χ1n) is 7.66. The van der Waals surface area contributed by atoms with Crippen molar-refractivity contribution in [2.45, 2.75) is 6.42 Å². The number of ether oxygens (including phenoxy) is 1. The fraction of sp³-hybridized carbons (Fsp3) is 0.375. The minimum Gasteiger partial charge on any atom is -0.378 e. The van der Waals surface area contributed by atoms with E-state index >= 15 is 0 Å². The zero-order chi connectivity index (χ0) is 16.2. The van der Waals surface area contributed by atoms with Gasteiger partial charge >= 0.3 is 0 Å². The number of benzene rings is 1. The van der Waals surface area contributed by atoms with E-state index in [-0.39, 0.29) is 11.0 Å². The number of nitrogens with zero attached hydrogens (tertiary/aromatic N) is 2. The fourth-order valence-corrected chi connectivity index (χ4v) is 2.96. The Labute approximate surface area is 140 Å². The van der Waals surface area contributed by atoms with Crippen LogP contribution in [0.15, 0.2) is 36.0 Å². The van der Waals surface area contributed by atoms with E-state index in [1.807, 2.05) is 35.2 Å². The molecule has 23 heavy (non-hydrogen) atoms. The normalized spacial score (nSPS) is 18.6. The second-order valence-corrected chi connectivity index (χ2v) is 5.91. The largest absolute Gasteiger partial charge is 0.378 e. The molecule has 122 valence electrons. The summed E-state index contributed by atoms with van der Waals surface area (Å²) in [5, 5.41) is 3.11. The van der Waals surface area contributed by atoms with Crippen LogP contribution < -0.4 is 16.0 Å². The smallest absolute Gasteiger partial charge is 0.274 e. The SMILES string of the molecule is NC(=S)Nc1ccc(N2CCC=C(N3CCOCC3)C2=O)cc1. The first-order valence-corrected chi connectivity index (χ1v) is 8.07. The van der Waals surface area contributed by atoms with Crippen LogP contribution in [-0.2, 0) is 9.53 Å². The third kappa shape index (κ3) is 3.62. The van der Waals surface area contributed by atoms with Crippen LogP contribution in [0.5, 0.6) is 0 Å². The Balaban J connectivity index is 1.74. The molecule has 0 saturated carbocycles. The third-order valence-electron chi connectivity index (χ3n) is 3.95. The number of nitrogens with two attached hydrogens (primary N) is 1. The summed E-state index contributed by atoms with van der Waals surface area (Å²) in [6, 6.07) is 7.55. The van der Waals surface area contributed by atoms with E-state index in [9.17, 15) is 4.79 Å². The van der Waals surface area contributed by atoms with Crippen molar-refractivity contribution in [3.8, 4) is 0 Å². The average Bonchev–Trinajstić information content (AvgIpc) is 2.56. The molecule has 2 aliphatic heterocycles. The summed E-state index contributed by atoms with van der Waals surface area (Å²) in [7, 11) is 0. The van der Waals surface area contributed by atoms with Crippen LogP contribution in [0, 0.1) is 0 Å². The second kappa shape index (κ2) is 6.97. The van der Waals surface area contributed by atoms with Crippen LogP contribution >= 0.6 is 12.2 Å². The van der Waals surface area contributed by atoms with Gasteiger partial charge in [0.25, 0.3) is 5.91 Å². The Bertz CT molecular complexity index is 623. The maximum atomic E-state index is 12.8. The summed E-state index contributed by atoms with van der Waals surface area (Å²) in [6.45, 7) is 3.56. The van der Waals surface area contributed by atoms with Crippen molar-refractivity contribution in [3.63, 3.8) is 0 Å². The van der Waals surface area contributed by atoms with E-state index in [1.165, 1.54) is 0 Å². The van der Waals surface area contributed by atoms with Crippen LogP contribution in [0.1, 0.15) is 6.42 Å². The highest BCUT2D eigenvalue weighted by Gasteiger charge is 2.28. The molecule has 0 unspecified atom stereocenters. The molecule has 2 aliphatic rings. The monoisotopic (exact) mass is 332 g/mol. The molecule has 7 heteroatoms. The topological polar surface area (TPSA) is 70.8 Å². The number of rotatable bonds is 3. The highest BCUT2D eigenvalue weighted by molar-refractivity contribution is 7.80. The molecule has 0 aromatic heterocycles. The molecule has 1 saturated heterocycles. The van der Waals surface area contributed by atoms with Crippen LogP contribution in [0.4, 0.5) is 11.4 Å². The molecule has 1 amide bonds. The van der Waals surface area contributed by atoms with Gasteiger partial charge in [-0.15, -0.1) is 0 Å². The van der Waals surface area contributed by atoms with E-state index in [0.717, 1.165) is 36.6 Å². The first-order chi connectivity index (χ1) is 11.1. The van der Waals surface area contributed by atoms with Crippen molar-refractivity contribution in [1.82, 2.24) is 4.90 Å². The highest BCUT2D eigenvalue weighted by Crippen LogP contribution is 2.24.